The lowest BCUT2D eigenvalue weighted by Crippen LogP contribution is -2.51. The van der Waals surface area contributed by atoms with Crippen molar-refractivity contribution in [3.8, 4) is 11.5 Å². The van der Waals surface area contributed by atoms with Crippen molar-refractivity contribution in [2.24, 2.45) is 5.92 Å². The van der Waals surface area contributed by atoms with Crippen molar-refractivity contribution >= 4 is 5.91 Å². The van der Waals surface area contributed by atoms with Crippen LogP contribution in [0.3, 0.4) is 0 Å². The monoisotopic (exact) mass is 403 g/mol. The number of aryl methyl sites for hydroxylation is 1. The van der Waals surface area contributed by atoms with Gasteiger partial charge in [0.15, 0.2) is 11.5 Å². The second-order valence-corrected chi connectivity index (χ2v) is 8.62. The van der Waals surface area contributed by atoms with Crippen LogP contribution in [0.2, 0.25) is 0 Å². The third-order valence-electron chi connectivity index (χ3n) is 6.53. The molecule has 0 spiro atoms. The minimum Gasteiger partial charge on any atom is -0.493 e. The molecule has 29 heavy (non-hydrogen) atoms. The Morgan fingerprint density at radius 3 is 2.31 bits per heavy atom. The van der Waals surface area contributed by atoms with E-state index in [1.807, 2.05) is 6.07 Å². The summed E-state index contributed by atoms with van der Waals surface area (Å²) in [5, 5.41) is 3.28. The second kappa shape index (κ2) is 10.3. The predicted molar refractivity (Wildman–Crippen MR) is 116 cm³/mol. The molecular formula is C23H37N3O3. The molecule has 0 unspecified atom stereocenters. The van der Waals surface area contributed by atoms with Gasteiger partial charge in [-0.05, 0) is 48.9 Å². The number of hydrogen-bond acceptors (Lipinski definition) is 5. The normalized spacial score (nSPS) is 23.6. The first kappa shape index (κ1) is 21.9. The molecule has 2 aliphatic rings. The van der Waals surface area contributed by atoms with Gasteiger partial charge in [0.2, 0.25) is 5.91 Å². The predicted octanol–water partition coefficient (Wildman–Crippen LogP) is 2.82. The van der Waals surface area contributed by atoms with Crippen LogP contribution in [0.5, 0.6) is 11.5 Å². The van der Waals surface area contributed by atoms with E-state index < -0.39 is 0 Å². The van der Waals surface area contributed by atoms with Gasteiger partial charge >= 0.3 is 0 Å². The van der Waals surface area contributed by atoms with Gasteiger partial charge in [0.05, 0.1) is 20.8 Å². The summed E-state index contributed by atoms with van der Waals surface area (Å²) in [5.74, 6) is 2.35. The van der Waals surface area contributed by atoms with Crippen LogP contribution in [-0.4, -0.2) is 68.7 Å². The van der Waals surface area contributed by atoms with Crippen molar-refractivity contribution in [3.63, 3.8) is 0 Å². The lowest BCUT2D eigenvalue weighted by molar-refractivity contribution is -0.124. The minimum atomic E-state index is 0.188. The average molecular weight is 404 g/mol. The standard InChI is InChI=1S/C23H37N3O3/c1-17-7-5-6-8-20(17)24-23(27)16-26-11-9-25(10-12-26)15-19-14-22(29-4)21(28-3)13-18(19)2/h13-14,17,20H,5-12,15-16H2,1-4H3,(H,24,27)/t17-,20+/m1/s1. The third-order valence-corrected chi connectivity index (χ3v) is 6.53. The van der Waals surface area contributed by atoms with Gasteiger partial charge in [-0.3, -0.25) is 14.6 Å². The molecule has 0 bridgehead atoms. The summed E-state index contributed by atoms with van der Waals surface area (Å²) in [6.07, 6.45) is 4.91. The third kappa shape index (κ3) is 5.86. The largest absolute Gasteiger partial charge is 0.493 e. The number of hydrogen-bond donors (Lipinski definition) is 1. The molecule has 2 atom stereocenters. The maximum Gasteiger partial charge on any atom is 0.234 e. The van der Waals surface area contributed by atoms with Gasteiger partial charge in [0, 0.05) is 38.8 Å². The van der Waals surface area contributed by atoms with Gasteiger partial charge in [0.25, 0.3) is 0 Å². The molecule has 0 aromatic heterocycles. The van der Waals surface area contributed by atoms with E-state index in [4.69, 9.17) is 9.47 Å². The Hall–Kier alpha value is -1.79. The van der Waals surface area contributed by atoms with E-state index in [-0.39, 0.29) is 5.91 Å². The Balaban J connectivity index is 1.46. The van der Waals surface area contributed by atoms with Crippen LogP contribution >= 0.6 is 0 Å². The number of piperazine rings is 1. The molecule has 1 aromatic rings. The van der Waals surface area contributed by atoms with E-state index in [1.165, 1.54) is 30.4 Å². The van der Waals surface area contributed by atoms with Gasteiger partial charge < -0.3 is 14.8 Å². The van der Waals surface area contributed by atoms with Crippen LogP contribution in [-0.2, 0) is 11.3 Å². The molecule has 1 aliphatic carbocycles. The summed E-state index contributed by atoms with van der Waals surface area (Å²) in [7, 11) is 3.34. The van der Waals surface area contributed by atoms with Crippen molar-refractivity contribution in [3.05, 3.63) is 23.3 Å². The van der Waals surface area contributed by atoms with Crippen molar-refractivity contribution in [2.45, 2.75) is 52.1 Å². The summed E-state index contributed by atoms with van der Waals surface area (Å²) in [5.41, 5.74) is 2.48. The molecule has 1 aliphatic heterocycles. The van der Waals surface area contributed by atoms with Crippen molar-refractivity contribution in [2.75, 3.05) is 46.9 Å². The lowest BCUT2D eigenvalue weighted by atomic mass is 9.86. The van der Waals surface area contributed by atoms with Gasteiger partial charge in [-0.1, -0.05) is 19.8 Å². The fourth-order valence-electron chi connectivity index (χ4n) is 4.53. The van der Waals surface area contributed by atoms with Crippen LogP contribution < -0.4 is 14.8 Å². The molecule has 1 aromatic carbocycles. The zero-order valence-electron chi connectivity index (χ0n) is 18.5. The Labute approximate surface area is 175 Å². The van der Waals surface area contributed by atoms with Crippen molar-refractivity contribution in [1.82, 2.24) is 15.1 Å². The molecule has 0 radical (unpaired) electrons. The number of amides is 1. The van der Waals surface area contributed by atoms with E-state index in [0.717, 1.165) is 50.6 Å². The molecule has 6 nitrogen and oxygen atoms in total. The molecule has 1 N–H and O–H groups in total. The summed E-state index contributed by atoms with van der Waals surface area (Å²) in [6.45, 7) is 9.60. The van der Waals surface area contributed by atoms with Gasteiger partial charge in [-0.2, -0.15) is 0 Å². The minimum absolute atomic E-state index is 0.188. The number of ether oxygens (including phenoxy) is 2. The molecule has 162 valence electrons. The number of benzene rings is 1. The van der Waals surface area contributed by atoms with Gasteiger partial charge in [-0.25, -0.2) is 0 Å². The summed E-state index contributed by atoms with van der Waals surface area (Å²) in [4.78, 5) is 17.2. The first-order valence-electron chi connectivity index (χ1n) is 11.0. The highest BCUT2D eigenvalue weighted by molar-refractivity contribution is 5.78. The Kier molecular flexibility index (Phi) is 7.78. The topological polar surface area (TPSA) is 54.0 Å². The number of methoxy groups -OCH3 is 2. The molecule has 3 rings (SSSR count). The van der Waals surface area contributed by atoms with Crippen molar-refractivity contribution < 1.29 is 14.3 Å². The molecule has 1 saturated carbocycles. The first-order chi connectivity index (χ1) is 14.0. The van der Waals surface area contributed by atoms with Crippen LogP contribution in [0.4, 0.5) is 0 Å². The first-order valence-corrected chi connectivity index (χ1v) is 11.0. The summed E-state index contributed by atoms with van der Waals surface area (Å²) in [6, 6.07) is 4.49. The number of carbonyl (C=O) groups excluding carboxylic acids is 1. The van der Waals surface area contributed by atoms with Crippen LogP contribution in [0, 0.1) is 12.8 Å². The zero-order chi connectivity index (χ0) is 20.8. The highest BCUT2D eigenvalue weighted by Crippen LogP contribution is 2.31. The Morgan fingerprint density at radius 1 is 1.03 bits per heavy atom. The number of nitrogens with zero attached hydrogens (tertiary/aromatic N) is 2. The molecule has 1 heterocycles. The van der Waals surface area contributed by atoms with Crippen LogP contribution in [0.1, 0.15) is 43.7 Å². The number of carbonyl (C=O) groups is 1. The molecule has 6 heteroatoms. The van der Waals surface area contributed by atoms with Gasteiger partial charge in [0.1, 0.15) is 0 Å². The summed E-state index contributed by atoms with van der Waals surface area (Å²) >= 11 is 0. The Bertz CT molecular complexity index is 686. The Morgan fingerprint density at radius 2 is 1.66 bits per heavy atom. The zero-order valence-corrected chi connectivity index (χ0v) is 18.5. The van der Waals surface area contributed by atoms with Crippen molar-refractivity contribution in [1.29, 1.82) is 0 Å². The quantitative estimate of drug-likeness (QED) is 0.759. The van der Waals surface area contributed by atoms with Crippen LogP contribution in [0.15, 0.2) is 12.1 Å². The molecule has 2 fully saturated rings. The maximum atomic E-state index is 12.5. The smallest absolute Gasteiger partial charge is 0.234 e. The number of rotatable bonds is 7. The van der Waals surface area contributed by atoms with E-state index >= 15 is 0 Å². The van der Waals surface area contributed by atoms with E-state index in [9.17, 15) is 4.79 Å². The van der Waals surface area contributed by atoms with E-state index in [0.29, 0.717) is 18.5 Å². The molecular weight excluding hydrogens is 366 g/mol. The SMILES string of the molecule is COc1cc(C)c(CN2CCN(CC(=O)N[C@H]3CCCC[C@H]3C)CC2)cc1OC. The average Bonchev–Trinajstić information content (AvgIpc) is 2.72. The number of nitrogens with one attached hydrogen (secondary N) is 1. The summed E-state index contributed by atoms with van der Waals surface area (Å²) < 4.78 is 10.8. The molecule has 1 saturated heterocycles. The lowest BCUT2D eigenvalue weighted by Gasteiger charge is -2.35. The highest BCUT2D eigenvalue weighted by atomic mass is 16.5. The molecule has 1 amide bonds. The van der Waals surface area contributed by atoms with E-state index in [2.05, 4.69) is 35.0 Å². The highest BCUT2D eigenvalue weighted by Gasteiger charge is 2.25. The van der Waals surface area contributed by atoms with E-state index in [1.54, 1.807) is 14.2 Å². The van der Waals surface area contributed by atoms with Gasteiger partial charge in [-0.15, -0.1) is 0 Å². The second-order valence-electron chi connectivity index (χ2n) is 8.62. The van der Waals surface area contributed by atoms with Crippen LogP contribution in [0.25, 0.3) is 0 Å². The maximum absolute atomic E-state index is 12.5. The fourth-order valence-corrected chi connectivity index (χ4v) is 4.53. The fraction of sp³-hybridized carbons (Fsp3) is 0.696.